The number of sulfone groups is 1. The second kappa shape index (κ2) is 9.90. The van der Waals surface area contributed by atoms with Crippen molar-refractivity contribution in [3.8, 4) is 11.5 Å². The average Bonchev–Trinajstić information content (AvgIpc) is 2.95. The van der Waals surface area contributed by atoms with Crippen LogP contribution < -0.4 is 15.4 Å². The summed E-state index contributed by atoms with van der Waals surface area (Å²) in [5.41, 5.74) is -1.12. The van der Waals surface area contributed by atoms with Crippen LogP contribution in [0.15, 0.2) is 53.4 Å². The second-order valence-electron chi connectivity index (χ2n) is 8.25. The van der Waals surface area contributed by atoms with Gasteiger partial charge in [0.05, 0.1) is 23.2 Å². The van der Waals surface area contributed by atoms with Gasteiger partial charge >= 0.3 is 12.1 Å². The number of benzene rings is 2. The molecule has 2 aromatic rings. The van der Waals surface area contributed by atoms with Gasteiger partial charge in [-0.2, -0.15) is 0 Å². The number of carbonyl (C=O) groups is 3. The number of carbonyl (C=O) groups excluding carboxylic acids is 2. The van der Waals surface area contributed by atoms with Crippen LogP contribution in [0.3, 0.4) is 0 Å². The van der Waals surface area contributed by atoms with Gasteiger partial charge in [0.25, 0.3) is 5.91 Å². The van der Waals surface area contributed by atoms with Crippen LogP contribution >= 0.6 is 11.6 Å². The molecule has 1 fully saturated rings. The Morgan fingerprint density at radius 1 is 1.12 bits per heavy atom. The van der Waals surface area contributed by atoms with Gasteiger partial charge in [0.2, 0.25) is 0 Å². The molecule has 1 atom stereocenters. The minimum absolute atomic E-state index is 0.0288. The van der Waals surface area contributed by atoms with Gasteiger partial charge in [0.15, 0.2) is 9.84 Å². The van der Waals surface area contributed by atoms with E-state index in [0.29, 0.717) is 16.5 Å². The maximum absolute atomic E-state index is 12.8. The number of nitrogens with one attached hydrogen (secondary N) is 2. The molecule has 1 saturated heterocycles. The smallest absolute Gasteiger partial charge is 0.404 e. The van der Waals surface area contributed by atoms with Gasteiger partial charge in [-0.25, -0.2) is 18.0 Å². The number of carboxylic acid groups (broad SMARTS) is 1. The Labute approximate surface area is 201 Å². The lowest BCUT2D eigenvalue weighted by molar-refractivity contribution is -0.130. The lowest BCUT2D eigenvalue weighted by Crippen LogP contribution is -2.47. The predicted molar refractivity (Wildman–Crippen MR) is 124 cm³/mol. The molecule has 0 radical (unpaired) electrons. The van der Waals surface area contributed by atoms with E-state index in [0.717, 1.165) is 4.90 Å². The summed E-state index contributed by atoms with van der Waals surface area (Å²) < 4.78 is 31.3. The highest BCUT2D eigenvalue weighted by Crippen LogP contribution is 2.25. The van der Waals surface area contributed by atoms with Crippen molar-refractivity contribution in [1.82, 2.24) is 15.5 Å². The molecule has 3 N–H and O–H groups in total. The van der Waals surface area contributed by atoms with E-state index >= 15 is 0 Å². The minimum Gasteiger partial charge on any atom is -0.465 e. The van der Waals surface area contributed by atoms with Gasteiger partial charge in [-0.1, -0.05) is 11.6 Å². The Bertz CT molecular complexity index is 1180. The Morgan fingerprint density at radius 2 is 1.68 bits per heavy atom. The van der Waals surface area contributed by atoms with Crippen LogP contribution in [0.2, 0.25) is 5.02 Å². The van der Waals surface area contributed by atoms with E-state index in [-0.39, 0.29) is 17.9 Å². The highest BCUT2D eigenvalue weighted by molar-refractivity contribution is 7.91. The number of hydrogen-bond acceptors (Lipinski definition) is 6. The number of imide groups is 1. The van der Waals surface area contributed by atoms with E-state index in [9.17, 15) is 22.8 Å². The summed E-state index contributed by atoms with van der Waals surface area (Å²) in [7, 11) is -3.78. The largest absolute Gasteiger partial charge is 0.465 e. The number of amides is 4. The van der Waals surface area contributed by atoms with Gasteiger partial charge in [-0.3, -0.25) is 9.69 Å². The Morgan fingerprint density at radius 3 is 2.18 bits per heavy atom. The quantitative estimate of drug-likeness (QED) is 0.440. The number of urea groups is 1. The third-order valence-electron chi connectivity index (χ3n) is 5.14. The molecule has 34 heavy (non-hydrogen) atoms. The molecule has 0 spiro atoms. The molecule has 2 aromatic carbocycles. The van der Waals surface area contributed by atoms with Crippen LogP contribution in [0, 0.1) is 0 Å². The van der Waals surface area contributed by atoms with Crippen molar-refractivity contribution in [2.24, 2.45) is 0 Å². The number of hydrogen-bond donors (Lipinski definition) is 3. The van der Waals surface area contributed by atoms with Gasteiger partial charge < -0.3 is 20.5 Å². The first kappa shape index (κ1) is 25.3. The van der Waals surface area contributed by atoms with Crippen molar-refractivity contribution < 1.29 is 32.6 Å². The zero-order chi connectivity index (χ0) is 25.1. The zero-order valence-electron chi connectivity index (χ0n) is 18.4. The Kier molecular flexibility index (Phi) is 7.37. The van der Waals surface area contributed by atoms with Gasteiger partial charge in [0, 0.05) is 5.02 Å². The molecule has 4 amide bonds. The molecule has 0 saturated carbocycles. The molecule has 1 heterocycles. The topological polar surface area (TPSA) is 142 Å². The number of ether oxygens (including phenoxy) is 1. The minimum atomic E-state index is -3.78. The van der Waals surface area contributed by atoms with Gasteiger partial charge in [-0.15, -0.1) is 0 Å². The summed E-state index contributed by atoms with van der Waals surface area (Å²) in [5, 5.41) is 14.4. The van der Waals surface area contributed by atoms with Crippen LogP contribution in [0.25, 0.3) is 0 Å². The average molecular weight is 510 g/mol. The van der Waals surface area contributed by atoms with Crippen LogP contribution in [0.1, 0.15) is 20.3 Å². The maximum Gasteiger partial charge on any atom is 0.404 e. The second-order valence-corrected chi connectivity index (χ2v) is 10.8. The highest BCUT2D eigenvalue weighted by Gasteiger charge is 2.45. The molecule has 12 heteroatoms. The number of rotatable bonds is 9. The highest BCUT2D eigenvalue weighted by atomic mass is 35.5. The molecular formula is C22H24ClN3O7S. The molecule has 10 nitrogen and oxygen atoms in total. The van der Waals surface area contributed by atoms with E-state index in [1.54, 1.807) is 24.3 Å². The van der Waals surface area contributed by atoms with Crippen molar-refractivity contribution in [1.29, 1.82) is 0 Å². The Hall–Kier alpha value is -3.31. The summed E-state index contributed by atoms with van der Waals surface area (Å²) in [5.74, 6) is 0.0375. The van der Waals surface area contributed by atoms with Crippen LogP contribution in [0.4, 0.5) is 9.59 Å². The summed E-state index contributed by atoms with van der Waals surface area (Å²) >= 11 is 5.84. The van der Waals surface area contributed by atoms with E-state index in [4.69, 9.17) is 21.4 Å². The molecule has 1 aliphatic rings. The van der Waals surface area contributed by atoms with Crippen molar-refractivity contribution in [2.75, 3.05) is 12.3 Å². The summed E-state index contributed by atoms with van der Waals surface area (Å²) in [6.45, 7) is 2.76. The van der Waals surface area contributed by atoms with E-state index in [1.807, 2.05) is 0 Å². The zero-order valence-corrected chi connectivity index (χ0v) is 20.0. The van der Waals surface area contributed by atoms with Crippen LogP contribution in [-0.4, -0.2) is 60.3 Å². The van der Waals surface area contributed by atoms with Crippen molar-refractivity contribution >= 4 is 39.5 Å². The predicted octanol–water partition coefficient (Wildman–Crippen LogP) is 3.26. The molecule has 0 bridgehead atoms. The maximum atomic E-state index is 12.8. The lowest BCUT2D eigenvalue weighted by Gasteiger charge is -2.22. The van der Waals surface area contributed by atoms with Crippen LogP contribution in [0.5, 0.6) is 11.5 Å². The fraction of sp³-hybridized carbons (Fsp3) is 0.318. The normalized spacial score (nSPS) is 16.1. The van der Waals surface area contributed by atoms with Gasteiger partial charge in [0.1, 0.15) is 17.0 Å². The molecule has 0 unspecified atom stereocenters. The van der Waals surface area contributed by atoms with E-state index < -0.39 is 45.2 Å². The van der Waals surface area contributed by atoms with Crippen LogP contribution in [-0.2, 0) is 14.6 Å². The SMILES string of the molecule is CC1(C)NC(=O)N(C[C@@H](CCS(=O)(=O)c2ccc(Oc3ccc(Cl)cc3)cc2)NC(=O)O)C1=O. The first-order chi connectivity index (χ1) is 15.9. The number of nitrogens with zero attached hydrogens (tertiary/aromatic N) is 1. The van der Waals surface area contributed by atoms with Crippen molar-refractivity contribution in [3.63, 3.8) is 0 Å². The molecular weight excluding hydrogens is 486 g/mol. The summed E-state index contributed by atoms with van der Waals surface area (Å²) in [6.07, 6.45) is -1.53. The first-order valence-electron chi connectivity index (χ1n) is 10.3. The molecule has 182 valence electrons. The third kappa shape index (κ3) is 6.17. The van der Waals surface area contributed by atoms with Crippen molar-refractivity contribution in [2.45, 2.75) is 36.7 Å². The van der Waals surface area contributed by atoms with Gasteiger partial charge in [-0.05, 0) is 68.8 Å². The molecule has 0 aromatic heterocycles. The summed E-state index contributed by atoms with van der Waals surface area (Å²) in [4.78, 5) is 36.6. The number of halogens is 1. The summed E-state index contributed by atoms with van der Waals surface area (Å²) in [6, 6.07) is 10.8. The molecule has 1 aliphatic heterocycles. The molecule has 3 rings (SSSR count). The molecule has 0 aliphatic carbocycles. The first-order valence-corrected chi connectivity index (χ1v) is 12.3. The van der Waals surface area contributed by atoms with E-state index in [1.165, 1.54) is 38.1 Å². The van der Waals surface area contributed by atoms with Crippen molar-refractivity contribution in [3.05, 3.63) is 53.6 Å². The fourth-order valence-corrected chi connectivity index (χ4v) is 4.86. The van der Waals surface area contributed by atoms with E-state index in [2.05, 4.69) is 10.6 Å². The monoisotopic (exact) mass is 509 g/mol. The standard InChI is InChI=1S/C22H24ClN3O7S/c1-22(2)19(27)26(20(28)25-22)13-15(24-21(29)30)11-12-34(31,32)18-9-7-17(8-10-18)33-16-5-3-14(23)4-6-16/h3-10,15,24H,11-13H2,1-2H3,(H,25,28)(H,29,30)/t15-/m1/s1. The third-order valence-corrected chi connectivity index (χ3v) is 7.16. The Balaban J connectivity index is 1.66. The fourth-order valence-electron chi connectivity index (χ4n) is 3.36. The lowest BCUT2D eigenvalue weighted by atomic mass is 10.1.